The zero-order valence-corrected chi connectivity index (χ0v) is 8.04. The van der Waals surface area contributed by atoms with Crippen molar-refractivity contribution >= 4 is 11.6 Å². The maximum absolute atomic E-state index is 5.83. The maximum atomic E-state index is 5.83. The van der Waals surface area contributed by atoms with Crippen LogP contribution >= 0.6 is 11.6 Å². The van der Waals surface area contributed by atoms with E-state index >= 15 is 0 Å². The van der Waals surface area contributed by atoms with E-state index in [4.69, 9.17) is 21.1 Å². The van der Waals surface area contributed by atoms with Crippen LogP contribution in [0, 0.1) is 0 Å². The Kier molecular flexibility index (Phi) is 2.27. The van der Waals surface area contributed by atoms with Crippen LogP contribution in [0.3, 0.4) is 0 Å². The molecule has 0 saturated heterocycles. The minimum absolute atomic E-state index is 0.325. The van der Waals surface area contributed by atoms with E-state index in [1.807, 2.05) is 0 Å². The Morgan fingerprint density at radius 2 is 2.31 bits per heavy atom. The molecule has 1 aromatic heterocycles. The van der Waals surface area contributed by atoms with Gasteiger partial charge in [0.1, 0.15) is 5.75 Å². The summed E-state index contributed by atoms with van der Waals surface area (Å²) in [5, 5.41) is 0.396. The van der Waals surface area contributed by atoms with Crippen LogP contribution in [0.1, 0.15) is 12.8 Å². The molecule has 0 spiro atoms. The highest BCUT2D eigenvalue weighted by Gasteiger charge is 2.24. The summed E-state index contributed by atoms with van der Waals surface area (Å²) in [6.07, 6.45) is 4.11. The number of halogens is 1. The lowest BCUT2D eigenvalue weighted by atomic mass is 10.4. The lowest BCUT2D eigenvalue weighted by Crippen LogP contribution is -1.98. The van der Waals surface area contributed by atoms with Crippen molar-refractivity contribution in [1.82, 2.24) is 4.98 Å². The van der Waals surface area contributed by atoms with E-state index in [9.17, 15) is 0 Å². The van der Waals surface area contributed by atoms with Gasteiger partial charge in [0.05, 0.1) is 19.4 Å². The molecule has 0 aliphatic heterocycles. The highest BCUT2D eigenvalue weighted by atomic mass is 35.5. The van der Waals surface area contributed by atoms with Gasteiger partial charge in [-0.15, -0.1) is 0 Å². The molecule has 1 saturated carbocycles. The monoisotopic (exact) mass is 199 g/mol. The summed E-state index contributed by atoms with van der Waals surface area (Å²) >= 11 is 5.83. The molecule has 0 N–H and O–H groups in total. The van der Waals surface area contributed by atoms with Crippen LogP contribution in [0.5, 0.6) is 11.5 Å². The molecule has 0 amide bonds. The molecule has 1 aliphatic rings. The third-order valence-electron chi connectivity index (χ3n) is 1.84. The second-order valence-corrected chi connectivity index (χ2v) is 3.34. The van der Waals surface area contributed by atoms with Gasteiger partial charge < -0.3 is 9.47 Å². The van der Waals surface area contributed by atoms with E-state index in [-0.39, 0.29) is 0 Å². The van der Waals surface area contributed by atoms with Gasteiger partial charge in [-0.1, -0.05) is 11.6 Å². The third kappa shape index (κ3) is 2.04. The molecule has 13 heavy (non-hydrogen) atoms. The number of methoxy groups -OCH3 is 1. The van der Waals surface area contributed by atoms with Gasteiger partial charge in [-0.3, -0.25) is 0 Å². The Hall–Kier alpha value is -0.960. The number of aromatic nitrogens is 1. The molecule has 0 unspecified atom stereocenters. The van der Waals surface area contributed by atoms with Gasteiger partial charge in [0.2, 0.25) is 0 Å². The molecule has 0 atom stereocenters. The van der Waals surface area contributed by atoms with Crippen LogP contribution in [0.25, 0.3) is 0 Å². The first kappa shape index (κ1) is 8.63. The van der Waals surface area contributed by atoms with E-state index in [0.29, 0.717) is 22.8 Å². The van der Waals surface area contributed by atoms with Gasteiger partial charge in [-0.25, -0.2) is 4.98 Å². The fourth-order valence-electron chi connectivity index (χ4n) is 0.970. The van der Waals surface area contributed by atoms with Crippen LogP contribution in [-0.2, 0) is 0 Å². The topological polar surface area (TPSA) is 31.4 Å². The van der Waals surface area contributed by atoms with Crippen molar-refractivity contribution < 1.29 is 9.47 Å². The molecule has 1 fully saturated rings. The van der Waals surface area contributed by atoms with Gasteiger partial charge in [-0.05, 0) is 12.8 Å². The Morgan fingerprint density at radius 3 is 2.92 bits per heavy atom. The van der Waals surface area contributed by atoms with Crippen LogP contribution in [0.4, 0.5) is 0 Å². The van der Waals surface area contributed by atoms with Crippen molar-refractivity contribution in [3.63, 3.8) is 0 Å². The summed E-state index contributed by atoms with van der Waals surface area (Å²) in [6, 6.07) is 1.76. The predicted octanol–water partition coefficient (Wildman–Crippen LogP) is 2.28. The highest BCUT2D eigenvalue weighted by Crippen LogP contribution is 2.32. The number of hydrogen-bond acceptors (Lipinski definition) is 3. The van der Waals surface area contributed by atoms with Gasteiger partial charge in [0, 0.05) is 6.07 Å². The Labute approximate surface area is 81.6 Å². The van der Waals surface area contributed by atoms with Crippen molar-refractivity contribution in [2.75, 3.05) is 7.11 Å². The summed E-state index contributed by atoms with van der Waals surface area (Å²) < 4.78 is 10.5. The zero-order valence-electron chi connectivity index (χ0n) is 7.29. The quantitative estimate of drug-likeness (QED) is 0.700. The smallest absolute Gasteiger partial charge is 0.171 e. The van der Waals surface area contributed by atoms with E-state index < -0.39 is 0 Å². The average Bonchev–Trinajstić information content (AvgIpc) is 2.93. The fourth-order valence-corrected chi connectivity index (χ4v) is 1.12. The Balaban J connectivity index is 2.19. The summed E-state index contributed by atoms with van der Waals surface area (Å²) in [7, 11) is 1.59. The summed E-state index contributed by atoms with van der Waals surface area (Å²) in [5.74, 6) is 1.28. The first-order valence-electron chi connectivity index (χ1n) is 4.16. The summed E-state index contributed by atoms with van der Waals surface area (Å²) in [6.45, 7) is 0. The van der Waals surface area contributed by atoms with Gasteiger partial charge in [0.25, 0.3) is 0 Å². The van der Waals surface area contributed by atoms with Crippen molar-refractivity contribution in [2.24, 2.45) is 0 Å². The molecule has 1 heterocycles. The summed E-state index contributed by atoms with van der Waals surface area (Å²) in [4.78, 5) is 3.95. The number of pyridine rings is 1. The minimum Gasteiger partial charge on any atom is -0.495 e. The molecule has 1 aliphatic carbocycles. The lowest BCUT2D eigenvalue weighted by molar-refractivity contribution is 0.299. The van der Waals surface area contributed by atoms with Crippen molar-refractivity contribution in [3.8, 4) is 11.5 Å². The number of nitrogens with zero attached hydrogens (tertiary/aromatic N) is 1. The zero-order chi connectivity index (χ0) is 9.26. The minimum atomic E-state index is 0.325. The molecule has 0 aromatic carbocycles. The molecule has 3 nitrogen and oxygen atoms in total. The second kappa shape index (κ2) is 3.42. The van der Waals surface area contributed by atoms with E-state index in [2.05, 4.69) is 4.98 Å². The Bertz CT molecular complexity index is 312. The molecule has 0 bridgehead atoms. The van der Waals surface area contributed by atoms with E-state index in [0.717, 1.165) is 12.8 Å². The van der Waals surface area contributed by atoms with E-state index in [1.54, 1.807) is 19.4 Å². The first-order chi connectivity index (χ1) is 6.29. The number of ether oxygens (including phenoxy) is 2. The number of rotatable bonds is 3. The van der Waals surface area contributed by atoms with Crippen LogP contribution in [-0.4, -0.2) is 18.2 Å². The van der Waals surface area contributed by atoms with E-state index in [1.165, 1.54) is 0 Å². The standard InChI is InChI=1S/C9H10ClNO2/c1-12-7-4-8(9(10)11-5-7)13-6-2-3-6/h4-6H,2-3H2,1H3. The molecular weight excluding hydrogens is 190 g/mol. The third-order valence-corrected chi connectivity index (χ3v) is 2.12. The largest absolute Gasteiger partial charge is 0.495 e. The molecular formula is C9H10ClNO2. The fraction of sp³-hybridized carbons (Fsp3) is 0.444. The Morgan fingerprint density at radius 1 is 1.54 bits per heavy atom. The van der Waals surface area contributed by atoms with Crippen LogP contribution in [0.2, 0.25) is 5.15 Å². The van der Waals surface area contributed by atoms with Crippen LogP contribution in [0.15, 0.2) is 12.3 Å². The molecule has 0 radical (unpaired) electrons. The molecule has 70 valence electrons. The normalized spacial score (nSPS) is 15.5. The second-order valence-electron chi connectivity index (χ2n) is 2.98. The van der Waals surface area contributed by atoms with Crippen molar-refractivity contribution in [1.29, 1.82) is 0 Å². The lowest BCUT2D eigenvalue weighted by Gasteiger charge is -2.07. The van der Waals surface area contributed by atoms with Gasteiger partial charge in [-0.2, -0.15) is 0 Å². The first-order valence-corrected chi connectivity index (χ1v) is 4.53. The van der Waals surface area contributed by atoms with Gasteiger partial charge >= 0.3 is 0 Å². The number of hydrogen-bond donors (Lipinski definition) is 0. The molecule has 1 aromatic rings. The predicted molar refractivity (Wildman–Crippen MR) is 49.4 cm³/mol. The maximum Gasteiger partial charge on any atom is 0.171 e. The van der Waals surface area contributed by atoms with Crippen LogP contribution < -0.4 is 9.47 Å². The highest BCUT2D eigenvalue weighted by molar-refractivity contribution is 6.30. The summed E-state index contributed by atoms with van der Waals surface area (Å²) in [5.41, 5.74) is 0. The van der Waals surface area contributed by atoms with Crippen molar-refractivity contribution in [2.45, 2.75) is 18.9 Å². The van der Waals surface area contributed by atoms with Gasteiger partial charge in [0.15, 0.2) is 10.9 Å². The molecule has 4 heteroatoms. The molecule has 2 rings (SSSR count). The average molecular weight is 200 g/mol. The SMILES string of the molecule is COc1cnc(Cl)c(OC2CC2)c1. The van der Waals surface area contributed by atoms with Crippen molar-refractivity contribution in [3.05, 3.63) is 17.4 Å².